The van der Waals surface area contributed by atoms with Gasteiger partial charge in [-0.3, -0.25) is 0 Å². The topological polar surface area (TPSA) is 55.5 Å². The van der Waals surface area contributed by atoms with Crippen LogP contribution >= 0.6 is 0 Å². The molecule has 1 atom stereocenters. The second kappa shape index (κ2) is 4.14. The summed E-state index contributed by atoms with van der Waals surface area (Å²) in [6, 6.07) is 5.35. The van der Waals surface area contributed by atoms with Gasteiger partial charge in [0.1, 0.15) is 0 Å². The van der Waals surface area contributed by atoms with Crippen LogP contribution in [0, 0.1) is 0 Å². The maximum atomic E-state index is 9.47. The van der Waals surface area contributed by atoms with E-state index < -0.39 is 0 Å². The zero-order chi connectivity index (χ0) is 9.84. The Morgan fingerprint density at radius 2 is 2.23 bits per heavy atom. The highest BCUT2D eigenvalue weighted by Gasteiger charge is 2.06. The summed E-state index contributed by atoms with van der Waals surface area (Å²) in [5.41, 5.74) is 6.54. The Hall–Kier alpha value is -1.22. The zero-order valence-electron chi connectivity index (χ0n) is 7.95. The molecular formula is C10H15NO2. The van der Waals surface area contributed by atoms with Gasteiger partial charge in [0.15, 0.2) is 11.5 Å². The summed E-state index contributed by atoms with van der Waals surface area (Å²) in [5.74, 6) is 0.921. The van der Waals surface area contributed by atoms with Gasteiger partial charge >= 0.3 is 0 Å². The van der Waals surface area contributed by atoms with Crippen molar-refractivity contribution in [2.45, 2.75) is 12.8 Å². The van der Waals surface area contributed by atoms with E-state index >= 15 is 0 Å². The van der Waals surface area contributed by atoms with E-state index in [1.54, 1.807) is 12.1 Å². The van der Waals surface area contributed by atoms with Crippen LogP contribution in [0.4, 0.5) is 0 Å². The van der Waals surface area contributed by atoms with Crippen LogP contribution in [-0.4, -0.2) is 18.8 Å². The molecule has 0 radical (unpaired) electrons. The number of ether oxygens (including phenoxy) is 1. The number of phenols is 1. The Morgan fingerprint density at radius 3 is 2.69 bits per heavy atom. The average Bonchev–Trinajstić information content (AvgIpc) is 2.16. The third kappa shape index (κ3) is 2.12. The fourth-order valence-corrected chi connectivity index (χ4v) is 1.15. The molecule has 0 aliphatic heterocycles. The minimum Gasteiger partial charge on any atom is -0.504 e. The standard InChI is InChI=1S/C10H15NO2/c1-7(6-11)8-3-4-10(13-2)9(12)5-8/h3-5,7,12H,6,11H2,1-2H3. The van der Waals surface area contributed by atoms with Crippen LogP contribution in [0.25, 0.3) is 0 Å². The van der Waals surface area contributed by atoms with E-state index in [-0.39, 0.29) is 11.7 Å². The predicted octanol–water partition coefficient (Wildman–Crippen LogP) is 1.46. The lowest BCUT2D eigenvalue weighted by atomic mass is 10.0. The van der Waals surface area contributed by atoms with Gasteiger partial charge in [-0.15, -0.1) is 0 Å². The summed E-state index contributed by atoms with van der Waals surface area (Å²) in [7, 11) is 1.53. The molecule has 3 N–H and O–H groups in total. The molecule has 13 heavy (non-hydrogen) atoms. The van der Waals surface area contributed by atoms with E-state index in [9.17, 15) is 5.11 Å². The van der Waals surface area contributed by atoms with Crippen LogP contribution in [0.1, 0.15) is 18.4 Å². The second-order valence-electron chi connectivity index (χ2n) is 3.07. The van der Waals surface area contributed by atoms with Gasteiger partial charge in [-0.25, -0.2) is 0 Å². The number of aromatic hydroxyl groups is 1. The minimum atomic E-state index is 0.167. The monoisotopic (exact) mass is 181 g/mol. The lowest BCUT2D eigenvalue weighted by molar-refractivity contribution is 0.373. The van der Waals surface area contributed by atoms with Crippen molar-refractivity contribution in [1.29, 1.82) is 0 Å². The fraction of sp³-hybridized carbons (Fsp3) is 0.400. The normalized spacial score (nSPS) is 12.5. The molecule has 0 saturated carbocycles. The Balaban J connectivity index is 2.95. The molecule has 72 valence electrons. The van der Waals surface area contributed by atoms with Crippen molar-refractivity contribution in [2.24, 2.45) is 5.73 Å². The summed E-state index contributed by atoms with van der Waals surface area (Å²) < 4.78 is 4.93. The van der Waals surface area contributed by atoms with Gasteiger partial charge in [0.05, 0.1) is 7.11 Å². The number of methoxy groups -OCH3 is 1. The Labute approximate surface area is 78.1 Å². The molecule has 3 nitrogen and oxygen atoms in total. The van der Waals surface area contributed by atoms with Crippen LogP contribution in [0.2, 0.25) is 0 Å². The molecule has 0 heterocycles. The molecule has 1 rings (SSSR count). The van der Waals surface area contributed by atoms with E-state index in [0.717, 1.165) is 5.56 Å². The quantitative estimate of drug-likeness (QED) is 0.742. The Morgan fingerprint density at radius 1 is 1.54 bits per heavy atom. The van der Waals surface area contributed by atoms with Gasteiger partial charge in [-0.1, -0.05) is 13.0 Å². The summed E-state index contributed by atoms with van der Waals surface area (Å²) in [5, 5.41) is 9.47. The van der Waals surface area contributed by atoms with E-state index in [2.05, 4.69) is 0 Å². The highest BCUT2D eigenvalue weighted by atomic mass is 16.5. The highest BCUT2D eigenvalue weighted by Crippen LogP contribution is 2.28. The van der Waals surface area contributed by atoms with Crippen molar-refractivity contribution in [1.82, 2.24) is 0 Å². The van der Waals surface area contributed by atoms with E-state index in [0.29, 0.717) is 12.3 Å². The largest absolute Gasteiger partial charge is 0.504 e. The first-order valence-corrected chi connectivity index (χ1v) is 4.26. The first-order chi connectivity index (χ1) is 6.19. The van der Waals surface area contributed by atoms with E-state index in [4.69, 9.17) is 10.5 Å². The van der Waals surface area contributed by atoms with Crippen LogP contribution in [-0.2, 0) is 0 Å². The molecule has 0 aliphatic carbocycles. The molecule has 0 spiro atoms. The number of rotatable bonds is 3. The minimum absolute atomic E-state index is 0.167. The molecule has 0 fully saturated rings. The van der Waals surface area contributed by atoms with Crippen LogP contribution in [0.3, 0.4) is 0 Å². The lowest BCUT2D eigenvalue weighted by Crippen LogP contribution is -2.08. The fourth-order valence-electron chi connectivity index (χ4n) is 1.15. The van der Waals surface area contributed by atoms with Crippen LogP contribution in [0.15, 0.2) is 18.2 Å². The maximum absolute atomic E-state index is 9.47. The summed E-state index contributed by atoms with van der Waals surface area (Å²) >= 11 is 0. The number of hydrogen-bond donors (Lipinski definition) is 2. The molecule has 0 bridgehead atoms. The zero-order valence-corrected chi connectivity index (χ0v) is 7.95. The number of nitrogens with two attached hydrogens (primary N) is 1. The summed E-state index contributed by atoms with van der Waals surface area (Å²) in [6.45, 7) is 2.59. The van der Waals surface area contributed by atoms with E-state index in [1.165, 1.54) is 7.11 Å². The molecule has 1 unspecified atom stereocenters. The molecule has 0 aliphatic rings. The predicted molar refractivity (Wildman–Crippen MR) is 52.1 cm³/mol. The van der Waals surface area contributed by atoms with Gasteiger partial charge in [-0.2, -0.15) is 0 Å². The first-order valence-electron chi connectivity index (χ1n) is 4.26. The van der Waals surface area contributed by atoms with Gasteiger partial charge in [0, 0.05) is 0 Å². The SMILES string of the molecule is COc1ccc(C(C)CN)cc1O. The maximum Gasteiger partial charge on any atom is 0.160 e. The lowest BCUT2D eigenvalue weighted by Gasteiger charge is -2.10. The Bertz CT molecular complexity index is 286. The smallest absolute Gasteiger partial charge is 0.160 e. The molecule has 0 amide bonds. The third-order valence-corrected chi connectivity index (χ3v) is 2.13. The van der Waals surface area contributed by atoms with E-state index in [1.807, 2.05) is 13.0 Å². The second-order valence-corrected chi connectivity index (χ2v) is 3.07. The summed E-state index contributed by atoms with van der Waals surface area (Å²) in [4.78, 5) is 0. The third-order valence-electron chi connectivity index (χ3n) is 2.13. The molecular weight excluding hydrogens is 166 g/mol. The molecule has 0 aromatic heterocycles. The molecule has 1 aromatic rings. The molecule has 1 aromatic carbocycles. The van der Waals surface area contributed by atoms with Crippen LogP contribution < -0.4 is 10.5 Å². The first kappa shape index (κ1) is 9.86. The van der Waals surface area contributed by atoms with Crippen molar-refractivity contribution in [3.8, 4) is 11.5 Å². The van der Waals surface area contributed by atoms with Crippen molar-refractivity contribution in [2.75, 3.05) is 13.7 Å². The van der Waals surface area contributed by atoms with Gasteiger partial charge in [0.25, 0.3) is 0 Å². The molecule has 0 saturated heterocycles. The number of benzene rings is 1. The van der Waals surface area contributed by atoms with Crippen LogP contribution in [0.5, 0.6) is 11.5 Å². The average molecular weight is 181 g/mol. The highest BCUT2D eigenvalue weighted by molar-refractivity contribution is 5.42. The van der Waals surface area contributed by atoms with Crippen molar-refractivity contribution in [3.05, 3.63) is 23.8 Å². The summed E-state index contributed by atoms with van der Waals surface area (Å²) in [6.07, 6.45) is 0. The van der Waals surface area contributed by atoms with Crippen molar-refractivity contribution in [3.63, 3.8) is 0 Å². The Kier molecular flexibility index (Phi) is 3.14. The number of phenolic OH excluding ortho intramolecular Hbond substituents is 1. The van der Waals surface area contributed by atoms with Gasteiger partial charge in [-0.05, 0) is 30.2 Å². The van der Waals surface area contributed by atoms with Gasteiger partial charge in [0.2, 0.25) is 0 Å². The number of hydrogen-bond acceptors (Lipinski definition) is 3. The van der Waals surface area contributed by atoms with Crippen molar-refractivity contribution < 1.29 is 9.84 Å². The van der Waals surface area contributed by atoms with Crippen molar-refractivity contribution >= 4 is 0 Å². The molecule has 3 heteroatoms. The van der Waals surface area contributed by atoms with Gasteiger partial charge < -0.3 is 15.6 Å².